The lowest BCUT2D eigenvalue weighted by molar-refractivity contribution is -0.164. The molecule has 0 amide bonds. The van der Waals surface area contributed by atoms with Crippen molar-refractivity contribution in [2.75, 3.05) is 6.61 Å². The number of H-pyrrole nitrogens is 1. The number of carbonyl (C=O) groups is 1. The van der Waals surface area contributed by atoms with Crippen LogP contribution in [0.3, 0.4) is 0 Å². The van der Waals surface area contributed by atoms with Crippen LogP contribution in [-0.4, -0.2) is 44.4 Å². The first-order chi connectivity index (χ1) is 9.36. The smallest absolute Gasteiger partial charge is 0.331 e. The van der Waals surface area contributed by atoms with Gasteiger partial charge in [-0.05, 0) is 0 Å². The van der Waals surface area contributed by atoms with Gasteiger partial charge < -0.3 is 14.9 Å². The molecule has 8 nitrogen and oxygen atoms in total. The minimum Gasteiger partial charge on any atom is -0.394 e. The third-order valence-corrected chi connectivity index (χ3v) is 2.91. The average molecular weight is 286 g/mol. The lowest BCUT2D eigenvalue weighted by Gasteiger charge is -2.33. The Balaban J connectivity index is 2.49. The van der Waals surface area contributed by atoms with Crippen LogP contribution in [0.2, 0.25) is 0 Å². The molecule has 9 heteroatoms. The zero-order valence-corrected chi connectivity index (χ0v) is 10.1. The molecule has 0 radical (unpaired) electrons. The maximum absolute atomic E-state index is 13.2. The van der Waals surface area contributed by atoms with Gasteiger partial charge in [0.15, 0.2) is 0 Å². The van der Waals surface area contributed by atoms with Gasteiger partial charge in [0.25, 0.3) is 5.56 Å². The van der Waals surface area contributed by atoms with Gasteiger partial charge in [0.05, 0.1) is 12.8 Å². The van der Waals surface area contributed by atoms with Crippen molar-refractivity contribution in [2.45, 2.75) is 18.4 Å². The standard InChI is InChI=1S/C11H11FN2O6/c1-4-7(16)6(3-15)20-10(8(4)17)14-2-5(12)9(18)13-11(14)19/h2,6-7,10,15-16H,1,3H2,(H,13,18,19)/t6-,7+,10-/m1/s1. The maximum atomic E-state index is 13.2. The van der Waals surface area contributed by atoms with E-state index in [1.807, 2.05) is 0 Å². The van der Waals surface area contributed by atoms with E-state index in [2.05, 4.69) is 6.58 Å². The quantitative estimate of drug-likeness (QED) is 0.543. The number of carbonyl (C=O) groups excluding carboxylic acids is 1. The summed E-state index contributed by atoms with van der Waals surface area (Å²) in [6, 6.07) is 0. The van der Waals surface area contributed by atoms with Crippen LogP contribution in [0, 0.1) is 5.82 Å². The van der Waals surface area contributed by atoms with Crippen LogP contribution in [0.4, 0.5) is 4.39 Å². The van der Waals surface area contributed by atoms with Crippen LogP contribution in [0.15, 0.2) is 27.9 Å². The van der Waals surface area contributed by atoms with Crippen LogP contribution >= 0.6 is 0 Å². The Morgan fingerprint density at radius 2 is 2.10 bits per heavy atom. The minimum atomic E-state index is -1.61. The number of hydrogen-bond acceptors (Lipinski definition) is 6. The van der Waals surface area contributed by atoms with Gasteiger partial charge >= 0.3 is 5.69 Å². The summed E-state index contributed by atoms with van der Waals surface area (Å²) in [5.41, 5.74) is -2.57. The normalized spacial score (nSPS) is 26.9. The van der Waals surface area contributed by atoms with Crippen LogP contribution in [-0.2, 0) is 9.53 Å². The molecule has 108 valence electrons. The van der Waals surface area contributed by atoms with Crippen LogP contribution in [0.5, 0.6) is 0 Å². The van der Waals surface area contributed by atoms with Gasteiger partial charge in [0.1, 0.15) is 12.2 Å². The number of Topliss-reactive ketones (excluding diaryl/α,β-unsaturated/α-hetero) is 1. The first-order valence-electron chi connectivity index (χ1n) is 5.55. The second-order valence-electron chi connectivity index (χ2n) is 4.19. The van der Waals surface area contributed by atoms with Crippen LogP contribution < -0.4 is 11.2 Å². The predicted molar refractivity (Wildman–Crippen MR) is 62.4 cm³/mol. The van der Waals surface area contributed by atoms with Crippen LogP contribution in [0.25, 0.3) is 0 Å². The molecule has 20 heavy (non-hydrogen) atoms. The third kappa shape index (κ3) is 2.22. The number of nitrogens with zero attached hydrogens (tertiary/aromatic N) is 1. The Bertz CT molecular complexity index is 678. The molecule has 0 aromatic carbocycles. The number of nitrogens with one attached hydrogen (secondary N) is 1. The highest BCUT2D eigenvalue weighted by Crippen LogP contribution is 2.26. The summed E-state index contributed by atoms with van der Waals surface area (Å²) in [6.45, 7) is 2.71. The molecule has 3 N–H and O–H groups in total. The number of ketones is 1. The van der Waals surface area contributed by atoms with Crippen molar-refractivity contribution in [1.29, 1.82) is 0 Å². The molecule has 3 atom stereocenters. The van der Waals surface area contributed by atoms with Crippen molar-refractivity contribution < 1.29 is 24.1 Å². The molecular weight excluding hydrogens is 275 g/mol. The SMILES string of the molecule is C=C1C(=O)[C@H](n2cc(F)c(=O)[nH]c2=O)O[C@H](CO)[C@H]1O. The van der Waals surface area contributed by atoms with Gasteiger partial charge in [0.2, 0.25) is 17.8 Å². The van der Waals surface area contributed by atoms with E-state index in [-0.39, 0.29) is 5.57 Å². The van der Waals surface area contributed by atoms with E-state index in [0.29, 0.717) is 10.8 Å². The van der Waals surface area contributed by atoms with E-state index in [9.17, 15) is 23.9 Å². The Morgan fingerprint density at radius 1 is 1.45 bits per heavy atom. The van der Waals surface area contributed by atoms with Gasteiger partial charge in [-0.2, -0.15) is 4.39 Å². The zero-order chi connectivity index (χ0) is 15.0. The molecule has 1 saturated heterocycles. The van der Waals surface area contributed by atoms with E-state index >= 15 is 0 Å². The second kappa shape index (κ2) is 5.12. The summed E-state index contributed by atoms with van der Waals surface area (Å²) in [4.78, 5) is 36.1. The summed E-state index contributed by atoms with van der Waals surface area (Å²) >= 11 is 0. The fourth-order valence-corrected chi connectivity index (χ4v) is 1.80. The number of aromatic nitrogens is 2. The number of rotatable bonds is 2. The number of aliphatic hydroxyl groups is 2. The minimum absolute atomic E-state index is 0.279. The molecule has 1 fully saturated rings. The second-order valence-corrected chi connectivity index (χ2v) is 4.19. The van der Waals surface area contributed by atoms with Crippen molar-refractivity contribution in [3.63, 3.8) is 0 Å². The summed E-state index contributed by atoms with van der Waals surface area (Å²) in [7, 11) is 0. The number of hydrogen-bond donors (Lipinski definition) is 3. The fraction of sp³-hybridized carbons (Fsp3) is 0.364. The van der Waals surface area contributed by atoms with Crippen molar-refractivity contribution in [1.82, 2.24) is 9.55 Å². The number of ether oxygens (including phenoxy) is 1. The van der Waals surface area contributed by atoms with Crippen molar-refractivity contribution in [2.24, 2.45) is 0 Å². The molecule has 0 spiro atoms. The predicted octanol–water partition coefficient (Wildman–Crippen LogP) is -1.95. The molecule has 1 aromatic heterocycles. The van der Waals surface area contributed by atoms with Gasteiger partial charge in [-0.1, -0.05) is 6.58 Å². The van der Waals surface area contributed by atoms with E-state index < -0.39 is 47.9 Å². The van der Waals surface area contributed by atoms with Gasteiger partial charge in [-0.15, -0.1) is 0 Å². The van der Waals surface area contributed by atoms with Gasteiger partial charge in [-0.3, -0.25) is 19.1 Å². The number of aliphatic hydroxyl groups excluding tert-OH is 2. The summed E-state index contributed by atoms with van der Waals surface area (Å²) in [5, 5.41) is 18.7. The molecule has 0 saturated carbocycles. The first-order valence-corrected chi connectivity index (χ1v) is 5.55. The monoisotopic (exact) mass is 286 g/mol. The lowest BCUT2D eigenvalue weighted by atomic mass is 9.98. The van der Waals surface area contributed by atoms with Crippen molar-refractivity contribution in [3.8, 4) is 0 Å². The Kier molecular flexibility index (Phi) is 3.66. The fourth-order valence-electron chi connectivity index (χ4n) is 1.80. The number of aromatic amines is 1. The topological polar surface area (TPSA) is 122 Å². The lowest BCUT2D eigenvalue weighted by Crippen LogP contribution is -2.49. The molecule has 2 rings (SSSR count). The highest BCUT2D eigenvalue weighted by Gasteiger charge is 2.40. The number of halogens is 1. The molecular formula is C11H11FN2O6. The molecule has 1 aliphatic rings. The average Bonchev–Trinajstić information content (AvgIpc) is 2.41. The first kappa shape index (κ1) is 14.3. The Labute approximate surface area is 110 Å². The van der Waals surface area contributed by atoms with E-state index in [4.69, 9.17) is 9.84 Å². The largest absolute Gasteiger partial charge is 0.394 e. The highest BCUT2D eigenvalue weighted by molar-refractivity contribution is 5.98. The molecule has 1 aliphatic heterocycles. The van der Waals surface area contributed by atoms with Gasteiger partial charge in [0, 0.05) is 5.57 Å². The summed E-state index contributed by atoms with van der Waals surface area (Å²) < 4.78 is 18.8. The maximum Gasteiger partial charge on any atom is 0.331 e. The Hall–Kier alpha value is -2.10. The van der Waals surface area contributed by atoms with E-state index in [1.54, 1.807) is 4.98 Å². The van der Waals surface area contributed by atoms with E-state index in [0.717, 1.165) is 0 Å². The summed E-state index contributed by atoms with van der Waals surface area (Å²) in [5.74, 6) is -2.13. The third-order valence-electron chi connectivity index (χ3n) is 2.91. The molecule has 1 aromatic rings. The molecule has 2 heterocycles. The highest BCUT2D eigenvalue weighted by atomic mass is 19.1. The Morgan fingerprint density at radius 3 is 2.70 bits per heavy atom. The summed E-state index contributed by atoms with van der Waals surface area (Å²) in [6.07, 6.45) is -3.70. The van der Waals surface area contributed by atoms with E-state index in [1.165, 1.54) is 0 Å². The molecule has 0 aliphatic carbocycles. The van der Waals surface area contributed by atoms with Gasteiger partial charge in [-0.25, -0.2) is 4.79 Å². The zero-order valence-electron chi connectivity index (χ0n) is 10.1. The van der Waals surface area contributed by atoms with Crippen LogP contribution in [0.1, 0.15) is 6.23 Å². The molecule has 0 bridgehead atoms. The van der Waals surface area contributed by atoms with Crippen molar-refractivity contribution in [3.05, 3.63) is 45.0 Å². The van der Waals surface area contributed by atoms with Crippen molar-refractivity contribution >= 4 is 5.78 Å². The molecule has 0 unspecified atom stereocenters.